The summed E-state index contributed by atoms with van der Waals surface area (Å²) in [6, 6.07) is 7.05. The molecule has 0 fully saturated rings. The summed E-state index contributed by atoms with van der Waals surface area (Å²) in [5, 5.41) is 18.5. The maximum Gasteiger partial charge on any atom is 0.311 e. The van der Waals surface area contributed by atoms with Crippen molar-refractivity contribution in [3.63, 3.8) is 0 Å². The molecule has 0 amide bonds. The van der Waals surface area contributed by atoms with Crippen molar-refractivity contribution in [3.8, 4) is 0 Å². The van der Waals surface area contributed by atoms with Gasteiger partial charge in [0.15, 0.2) is 0 Å². The summed E-state index contributed by atoms with van der Waals surface area (Å²) in [7, 11) is 0. The van der Waals surface area contributed by atoms with Crippen LogP contribution >= 0.6 is 0 Å². The number of carboxylic acids is 1. The quantitative estimate of drug-likeness (QED) is 0.713. The van der Waals surface area contributed by atoms with Crippen molar-refractivity contribution in [2.24, 2.45) is 0 Å². The molecule has 14 heavy (non-hydrogen) atoms. The summed E-state index contributed by atoms with van der Waals surface area (Å²) < 4.78 is 0. The van der Waals surface area contributed by atoms with Crippen molar-refractivity contribution in [2.45, 2.75) is 12.3 Å². The molecule has 0 bridgehead atoms. The first-order chi connectivity index (χ1) is 6.70. The molecule has 72 valence electrons. The smallest absolute Gasteiger partial charge is 0.311 e. The molecule has 1 aliphatic rings. The largest absolute Gasteiger partial charge is 0.508 e. The average molecular weight is 190 g/mol. The Bertz CT molecular complexity index is 407. The number of hydrogen-bond acceptors (Lipinski definition) is 2. The van der Waals surface area contributed by atoms with E-state index in [4.69, 9.17) is 5.11 Å². The lowest BCUT2D eigenvalue weighted by Crippen LogP contribution is -2.15. The molecule has 1 unspecified atom stereocenters. The maximum atomic E-state index is 10.9. The minimum atomic E-state index is -0.846. The molecule has 0 aliphatic heterocycles. The maximum absolute atomic E-state index is 10.9. The Morgan fingerprint density at radius 1 is 1.36 bits per heavy atom. The Morgan fingerprint density at radius 2 is 2.07 bits per heavy atom. The standard InChI is InChI=1S/C11H10O3/c12-10-6-5-9(11(13)14)7-3-1-2-4-8(7)10/h1-4,6,9,12H,5H2,(H,13,14). The third-order valence-electron chi connectivity index (χ3n) is 2.46. The van der Waals surface area contributed by atoms with Gasteiger partial charge in [-0.2, -0.15) is 0 Å². The summed E-state index contributed by atoms with van der Waals surface area (Å²) in [4.78, 5) is 10.9. The van der Waals surface area contributed by atoms with E-state index in [1.807, 2.05) is 0 Å². The minimum Gasteiger partial charge on any atom is -0.508 e. The van der Waals surface area contributed by atoms with Crippen LogP contribution in [-0.4, -0.2) is 16.2 Å². The van der Waals surface area contributed by atoms with Gasteiger partial charge in [0.25, 0.3) is 0 Å². The number of benzene rings is 1. The summed E-state index contributed by atoms with van der Waals surface area (Å²) in [6.45, 7) is 0. The Hall–Kier alpha value is -1.77. The van der Waals surface area contributed by atoms with E-state index in [2.05, 4.69) is 0 Å². The van der Waals surface area contributed by atoms with Crippen molar-refractivity contribution in [2.75, 3.05) is 0 Å². The van der Waals surface area contributed by atoms with Crippen LogP contribution in [0.15, 0.2) is 30.3 Å². The van der Waals surface area contributed by atoms with Crippen molar-refractivity contribution >= 4 is 11.7 Å². The molecular weight excluding hydrogens is 180 g/mol. The molecule has 3 heteroatoms. The Kier molecular flexibility index (Phi) is 2.00. The number of carbonyl (C=O) groups is 1. The molecule has 3 nitrogen and oxygen atoms in total. The first-order valence-corrected chi connectivity index (χ1v) is 4.41. The number of rotatable bonds is 1. The third kappa shape index (κ3) is 1.27. The Labute approximate surface area is 81.3 Å². The van der Waals surface area contributed by atoms with Gasteiger partial charge < -0.3 is 10.2 Å². The van der Waals surface area contributed by atoms with Crippen molar-refractivity contribution < 1.29 is 15.0 Å². The van der Waals surface area contributed by atoms with E-state index in [1.165, 1.54) is 0 Å². The van der Waals surface area contributed by atoms with Gasteiger partial charge in [-0.05, 0) is 18.1 Å². The van der Waals surface area contributed by atoms with Gasteiger partial charge >= 0.3 is 5.97 Å². The Morgan fingerprint density at radius 3 is 2.79 bits per heavy atom. The van der Waals surface area contributed by atoms with Gasteiger partial charge in [-0.3, -0.25) is 4.79 Å². The summed E-state index contributed by atoms with van der Waals surface area (Å²) >= 11 is 0. The van der Waals surface area contributed by atoms with E-state index in [-0.39, 0.29) is 5.76 Å². The molecule has 0 saturated heterocycles. The van der Waals surface area contributed by atoms with Crippen LogP contribution in [-0.2, 0) is 4.79 Å². The van der Waals surface area contributed by atoms with Gasteiger partial charge in [0.1, 0.15) is 5.76 Å². The van der Waals surface area contributed by atoms with Crippen LogP contribution in [0, 0.1) is 0 Å². The van der Waals surface area contributed by atoms with E-state index in [0.29, 0.717) is 17.5 Å². The number of aliphatic hydroxyl groups excluding tert-OH is 1. The van der Waals surface area contributed by atoms with Crippen LogP contribution < -0.4 is 0 Å². The average Bonchev–Trinajstić information content (AvgIpc) is 2.18. The van der Waals surface area contributed by atoms with E-state index in [0.717, 1.165) is 0 Å². The first kappa shape index (κ1) is 8.81. The molecule has 0 saturated carbocycles. The van der Waals surface area contributed by atoms with E-state index < -0.39 is 11.9 Å². The Balaban J connectivity index is 2.54. The lowest BCUT2D eigenvalue weighted by atomic mass is 9.86. The van der Waals surface area contributed by atoms with Gasteiger partial charge in [0.2, 0.25) is 0 Å². The fraction of sp³-hybridized carbons (Fsp3) is 0.182. The van der Waals surface area contributed by atoms with Crippen LogP contribution in [0.3, 0.4) is 0 Å². The van der Waals surface area contributed by atoms with Crippen LogP contribution in [0.5, 0.6) is 0 Å². The van der Waals surface area contributed by atoms with E-state index in [1.54, 1.807) is 30.3 Å². The molecule has 0 spiro atoms. The summed E-state index contributed by atoms with van der Waals surface area (Å²) in [5.41, 5.74) is 1.33. The molecule has 1 atom stereocenters. The summed E-state index contributed by atoms with van der Waals surface area (Å²) in [6.07, 6.45) is 1.92. The monoisotopic (exact) mass is 190 g/mol. The highest BCUT2D eigenvalue weighted by Crippen LogP contribution is 2.32. The number of aliphatic carboxylic acids is 1. The number of fused-ring (bicyclic) bond motifs is 1. The third-order valence-corrected chi connectivity index (χ3v) is 2.46. The van der Waals surface area contributed by atoms with E-state index in [9.17, 15) is 9.90 Å². The molecule has 1 aliphatic carbocycles. The van der Waals surface area contributed by atoms with Gasteiger partial charge in [-0.25, -0.2) is 0 Å². The molecule has 2 rings (SSSR count). The normalized spacial score (nSPS) is 19.7. The highest BCUT2D eigenvalue weighted by molar-refractivity contribution is 5.81. The molecule has 0 radical (unpaired) electrons. The minimum absolute atomic E-state index is 0.179. The molecule has 1 aromatic carbocycles. The topological polar surface area (TPSA) is 57.5 Å². The zero-order chi connectivity index (χ0) is 10.1. The predicted octanol–water partition coefficient (Wildman–Crippen LogP) is 2.16. The number of carboxylic acid groups (broad SMARTS) is 1. The van der Waals surface area contributed by atoms with Gasteiger partial charge in [-0.1, -0.05) is 24.3 Å². The second kappa shape index (κ2) is 3.18. The van der Waals surface area contributed by atoms with Gasteiger partial charge in [0.05, 0.1) is 5.92 Å². The predicted molar refractivity (Wildman–Crippen MR) is 52.0 cm³/mol. The van der Waals surface area contributed by atoms with Crippen LogP contribution in [0.25, 0.3) is 5.76 Å². The van der Waals surface area contributed by atoms with Crippen molar-refractivity contribution in [1.29, 1.82) is 0 Å². The molecular formula is C11H10O3. The molecule has 0 aromatic heterocycles. The van der Waals surface area contributed by atoms with Crippen LogP contribution in [0.1, 0.15) is 23.5 Å². The van der Waals surface area contributed by atoms with Gasteiger partial charge in [-0.15, -0.1) is 0 Å². The second-order valence-corrected chi connectivity index (χ2v) is 3.30. The second-order valence-electron chi connectivity index (χ2n) is 3.30. The molecule has 1 aromatic rings. The fourth-order valence-corrected chi connectivity index (χ4v) is 1.73. The molecule has 0 heterocycles. The fourth-order valence-electron chi connectivity index (χ4n) is 1.73. The van der Waals surface area contributed by atoms with Crippen molar-refractivity contribution in [3.05, 3.63) is 41.5 Å². The molecule has 2 N–H and O–H groups in total. The number of aliphatic hydroxyl groups is 1. The number of hydrogen-bond donors (Lipinski definition) is 2. The lowest BCUT2D eigenvalue weighted by molar-refractivity contribution is -0.138. The highest BCUT2D eigenvalue weighted by atomic mass is 16.4. The zero-order valence-electron chi connectivity index (χ0n) is 7.47. The van der Waals surface area contributed by atoms with Gasteiger partial charge in [0, 0.05) is 5.56 Å². The van der Waals surface area contributed by atoms with Crippen molar-refractivity contribution in [1.82, 2.24) is 0 Å². The lowest BCUT2D eigenvalue weighted by Gasteiger charge is -2.19. The van der Waals surface area contributed by atoms with Crippen LogP contribution in [0.2, 0.25) is 0 Å². The highest BCUT2D eigenvalue weighted by Gasteiger charge is 2.26. The first-order valence-electron chi connectivity index (χ1n) is 4.41. The zero-order valence-corrected chi connectivity index (χ0v) is 7.47. The van der Waals surface area contributed by atoms with E-state index >= 15 is 0 Å². The summed E-state index contributed by atoms with van der Waals surface area (Å²) in [5.74, 6) is -1.19. The van der Waals surface area contributed by atoms with Crippen LogP contribution in [0.4, 0.5) is 0 Å². The number of allylic oxidation sites excluding steroid dienone is 1. The SMILES string of the molecule is O=C(O)C1CC=C(O)c2ccccc21.